The van der Waals surface area contributed by atoms with Crippen molar-refractivity contribution in [3.05, 3.63) is 12.2 Å². The molecule has 2 atom stereocenters. The van der Waals surface area contributed by atoms with Crippen molar-refractivity contribution >= 4 is 11.8 Å². The fourth-order valence-electron chi connectivity index (χ4n) is 2.58. The van der Waals surface area contributed by atoms with Crippen molar-refractivity contribution in [2.45, 2.75) is 25.7 Å². The van der Waals surface area contributed by atoms with Crippen LogP contribution in [0.3, 0.4) is 0 Å². The number of allylic oxidation sites excluding steroid dienone is 1. The minimum atomic E-state index is -0.829. The number of carboxylic acids is 1. The van der Waals surface area contributed by atoms with Gasteiger partial charge in [0, 0.05) is 12.8 Å². The standard InChI is InChI=1S/C10H12O3/c1-6-3-10(9(12)13)4-7(6)2-8(11)5-10/h7H,1-5H2,(H,12,13)/t7-,10+/m1/s1. The second kappa shape index (κ2) is 2.44. The van der Waals surface area contributed by atoms with Crippen molar-refractivity contribution in [1.82, 2.24) is 0 Å². The molecule has 0 aromatic rings. The Hall–Kier alpha value is -1.12. The van der Waals surface area contributed by atoms with Gasteiger partial charge in [-0.3, -0.25) is 9.59 Å². The number of carboxylic acid groups (broad SMARTS) is 1. The van der Waals surface area contributed by atoms with E-state index >= 15 is 0 Å². The molecule has 2 bridgehead atoms. The van der Waals surface area contributed by atoms with Crippen molar-refractivity contribution in [2.24, 2.45) is 11.3 Å². The van der Waals surface area contributed by atoms with Crippen LogP contribution in [0.2, 0.25) is 0 Å². The van der Waals surface area contributed by atoms with E-state index in [0.29, 0.717) is 19.3 Å². The zero-order chi connectivity index (χ0) is 9.64. The molecule has 0 saturated heterocycles. The summed E-state index contributed by atoms with van der Waals surface area (Å²) in [6, 6.07) is 0. The summed E-state index contributed by atoms with van der Waals surface area (Å²) in [6.45, 7) is 3.84. The quantitative estimate of drug-likeness (QED) is 0.620. The highest BCUT2D eigenvalue weighted by molar-refractivity contribution is 5.89. The molecule has 0 aromatic carbocycles. The molecule has 3 heteroatoms. The van der Waals surface area contributed by atoms with Crippen LogP contribution in [-0.4, -0.2) is 16.9 Å². The largest absolute Gasteiger partial charge is 0.481 e. The second-order valence-electron chi connectivity index (χ2n) is 4.24. The van der Waals surface area contributed by atoms with Gasteiger partial charge in [0.15, 0.2) is 0 Å². The molecule has 0 aliphatic heterocycles. The number of fused-ring (bicyclic) bond motifs is 2. The summed E-state index contributed by atoms with van der Waals surface area (Å²) in [5, 5.41) is 9.06. The third-order valence-corrected chi connectivity index (χ3v) is 3.24. The maximum absolute atomic E-state index is 11.3. The molecule has 3 nitrogen and oxygen atoms in total. The molecular formula is C10H12O3. The fourth-order valence-corrected chi connectivity index (χ4v) is 2.58. The molecule has 2 saturated carbocycles. The first-order chi connectivity index (χ1) is 6.03. The molecule has 70 valence electrons. The Balaban J connectivity index is 2.36. The molecule has 0 amide bonds. The van der Waals surface area contributed by atoms with Crippen molar-refractivity contribution < 1.29 is 14.7 Å². The summed E-state index contributed by atoms with van der Waals surface area (Å²) in [6.07, 6.45) is 1.83. The Bertz CT molecular complexity index is 299. The van der Waals surface area contributed by atoms with Gasteiger partial charge in [-0.25, -0.2) is 0 Å². The van der Waals surface area contributed by atoms with Crippen LogP contribution >= 0.6 is 0 Å². The zero-order valence-corrected chi connectivity index (χ0v) is 7.38. The van der Waals surface area contributed by atoms with Gasteiger partial charge in [-0.1, -0.05) is 12.2 Å². The number of hydrogen-bond acceptors (Lipinski definition) is 2. The summed E-state index contributed by atoms with van der Waals surface area (Å²) >= 11 is 0. The van der Waals surface area contributed by atoms with Gasteiger partial charge in [0.1, 0.15) is 5.78 Å². The van der Waals surface area contributed by atoms with Crippen molar-refractivity contribution in [2.75, 3.05) is 0 Å². The van der Waals surface area contributed by atoms with Crippen LogP contribution in [0, 0.1) is 11.3 Å². The monoisotopic (exact) mass is 180 g/mol. The average molecular weight is 180 g/mol. The highest BCUT2D eigenvalue weighted by atomic mass is 16.4. The summed E-state index contributed by atoms with van der Waals surface area (Å²) in [5.41, 5.74) is 0.158. The number of carbonyl (C=O) groups excluding carboxylic acids is 1. The topological polar surface area (TPSA) is 54.4 Å². The van der Waals surface area contributed by atoms with Gasteiger partial charge < -0.3 is 5.11 Å². The van der Waals surface area contributed by atoms with Crippen LogP contribution in [0.1, 0.15) is 25.7 Å². The van der Waals surface area contributed by atoms with Gasteiger partial charge in [-0.05, 0) is 18.8 Å². The lowest BCUT2D eigenvalue weighted by molar-refractivity contribution is -0.152. The molecule has 0 unspecified atom stereocenters. The number of rotatable bonds is 1. The van der Waals surface area contributed by atoms with E-state index < -0.39 is 11.4 Å². The third kappa shape index (κ3) is 1.10. The van der Waals surface area contributed by atoms with Gasteiger partial charge >= 0.3 is 5.97 Å². The van der Waals surface area contributed by atoms with Crippen LogP contribution in [0.25, 0.3) is 0 Å². The van der Waals surface area contributed by atoms with E-state index in [4.69, 9.17) is 5.11 Å². The predicted octanol–water partition coefficient (Wildman–Crippen LogP) is 1.39. The Morgan fingerprint density at radius 2 is 2.23 bits per heavy atom. The number of Topliss-reactive ketones (excluding diaryl/α,β-unsaturated/α-hetero) is 1. The van der Waals surface area contributed by atoms with E-state index in [1.807, 2.05) is 0 Å². The SMILES string of the molecule is C=C1C[C@@]2(C(=O)O)CC(=O)C[C@@H]1C2. The van der Waals surface area contributed by atoms with Crippen LogP contribution in [-0.2, 0) is 9.59 Å². The first-order valence-electron chi connectivity index (χ1n) is 4.46. The minimum absolute atomic E-state index is 0.0808. The minimum Gasteiger partial charge on any atom is -0.481 e. The van der Waals surface area contributed by atoms with Gasteiger partial charge in [0.05, 0.1) is 5.41 Å². The summed E-state index contributed by atoms with van der Waals surface area (Å²) in [7, 11) is 0. The lowest BCUT2D eigenvalue weighted by Gasteiger charge is -2.26. The summed E-state index contributed by atoms with van der Waals surface area (Å²) < 4.78 is 0. The molecular weight excluding hydrogens is 168 g/mol. The maximum Gasteiger partial charge on any atom is 0.310 e. The maximum atomic E-state index is 11.3. The number of aliphatic carboxylic acids is 1. The molecule has 0 spiro atoms. The molecule has 2 rings (SSSR count). The van der Waals surface area contributed by atoms with E-state index in [-0.39, 0.29) is 18.1 Å². The molecule has 13 heavy (non-hydrogen) atoms. The third-order valence-electron chi connectivity index (χ3n) is 3.24. The second-order valence-corrected chi connectivity index (χ2v) is 4.24. The summed E-state index contributed by atoms with van der Waals surface area (Å²) in [5.74, 6) is -0.612. The Labute approximate surface area is 76.4 Å². The Morgan fingerprint density at radius 3 is 2.85 bits per heavy atom. The molecule has 2 aliphatic carbocycles. The lowest BCUT2D eigenvalue weighted by Crippen LogP contribution is -2.34. The Morgan fingerprint density at radius 1 is 1.54 bits per heavy atom. The van der Waals surface area contributed by atoms with Crippen LogP contribution in [0.4, 0.5) is 0 Å². The zero-order valence-electron chi connectivity index (χ0n) is 7.38. The lowest BCUT2D eigenvalue weighted by atomic mass is 9.75. The molecule has 0 radical (unpaired) electrons. The molecule has 2 aliphatic rings. The number of ketones is 1. The summed E-state index contributed by atoms with van der Waals surface area (Å²) in [4.78, 5) is 22.3. The van der Waals surface area contributed by atoms with Gasteiger partial charge in [-0.15, -0.1) is 0 Å². The van der Waals surface area contributed by atoms with Crippen LogP contribution in [0.5, 0.6) is 0 Å². The van der Waals surface area contributed by atoms with E-state index in [1.165, 1.54) is 0 Å². The van der Waals surface area contributed by atoms with E-state index in [1.54, 1.807) is 0 Å². The van der Waals surface area contributed by atoms with Crippen LogP contribution in [0.15, 0.2) is 12.2 Å². The highest BCUT2D eigenvalue weighted by Gasteiger charge is 2.52. The van der Waals surface area contributed by atoms with E-state index in [0.717, 1.165) is 5.57 Å². The number of carbonyl (C=O) groups is 2. The smallest absolute Gasteiger partial charge is 0.310 e. The molecule has 1 N–H and O–H groups in total. The fraction of sp³-hybridized carbons (Fsp3) is 0.600. The van der Waals surface area contributed by atoms with Crippen molar-refractivity contribution in [3.63, 3.8) is 0 Å². The average Bonchev–Trinajstić information content (AvgIpc) is 2.24. The van der Waals surface area contributed by atoms with Gasteiger partial charge in [-0.2, -0.15) is 0 Å². The molecule has 0 heterocycles. The number of hydrogen-bond donors (Lipinski definition) is 1. The van der Waals surface area contributed by atoms with Crippen molar-refractivity contribution in [1.29, 1.82) is 0 Å². The Kier molecular flexibility index (Phi) is 1.59. The first-order valence-corrected chi connectivity index (χ1v) is 4.46. The van der Waals surface area contributed by atoms with E-state index in [2.05, 4.69) is 6.58 Å². The van der Waals surface area contributed by atoms with Gasteiger partial charge in [0.2, 0.25) is 0 Å². The molecule has 2 fully saturated rings. The normalized spacial score (nSPS) is 38.0. The highest BCUT2D eigenvalue weighted by Crippen LogP contribution is 2.52. The first kappa shape index (κ1) is 8.48. The van der Waals surface area contributed by atoms with Crippen LogP contribution < -0.4 is 0 Å². The van der Waals surface area contributed by atoms with E-state index in [9.17, 15) is 9.59 Å². The predicted molar refractivity (Wildman–Crippen MR) is 46.2 cm³/mol. The molecule has 0 aromatic heterocycles. The van der Waals surface area contributed by atoms with Crippen molar-refractivity contribution in [3.8, 4) is 0 Å². The van der Waals surface area contributed by atoms with Gasteiger partial charge in [0.25, 0.3) is 0 Å².